The normalized spacial score (nSPS) is 17.6. The number of hydrogen-bond donors (Lipinski definition) is 1. The molecule has 0 saturated carbocycles. The van der Waals surface area contributed by atoms with Crippen molar-refractivity contribution in [2.75, 3.05) is 26.1 Å². The first-order valence-corrected chi connectivity index (χ1v) is 11.0. The molecule has 1 fully saturated rings. The first-order valence-electron chi connectivity index (χ1n) is 9.52. The van der Waals surface area contributed by atoms with Crippen LogP contribution in [-0.2, 0) is 10.0 Å². The minimum atomic E-state index is -3.78. The predicted molar refractivity (Wildman–Crippen MR) is 111 cm³/mol. The maximum atomic E-state index is 13.3. The summed E-state index contributed by atoms with van der Waals surface area (Å²) >= 11 is 0. The lowest BCUT2D eigenvalue weighted by Crippen LogP contribution is -2.42. The largest absolute Gasteiger partial charge is 0.497 e. The van der Waals surface area contributed by atoms with Gasteiger partial charge in [-0.1, -0.05) is 6.42 Å². The van der Waals surface area contributed by atoms with Gasteiger partial charge in [-0.25, -0.2) is 8.42 Å². The van der Waals surface area contributed by atoms with Crippen LogP contribution in [0.3, 0.4) is 0 Å². The van der Waals surface area contributed by atoms with Gasteiger partial charge in [0.25, 0.3) is 5.91 Å². The van der Waals surface area contributed by atoms with E-state index in [1.54, 1.807) is 37.4 Å². The Balaban J connectivity index is 1.90. The Morgan fingerprint density at radius 3 is 2.41 bits per heavy atom. The zero-order valence-corrected chi connectivity index (χ0v) is 17.7. The number of piperidine rings is 1. The number of anilines is 1. The van der Waals surface area contributed by atoms with E-state index in [2.05, 4.69) is 5.32 Å². The number of amides is 1. The van der Waals surface area contributed by atoms with Gasteiger partial charge in [0.05, 0.1) is 14.2 Å². The average molecular weight is 419 g/mol. The average Bonchev–Trinajstić information content (AvgIpc) is 2.74. The van der Waals surface area contributed by atoms with E-state index in [1.165, 1.54) is 23.5 Å². The molecule has 1 aliphatic rings. The number of carbonyl (C=O) groups is 1. The van der Waals surface area contributed by atoms with Crippen molar-refractivity contribution >= 4 is 21.6 Å². The topological polar surface area (TPSA) is 84.9 Å². The van der Waals surface area contributed by atoms with Crippen LogP contribution >= 0.6 is 0 Å². The molecule has 0 unspecified atom stereocenters. The Morgan fingerprint density at radius 1 is 1.07 bits per heavy atom. The van der Waals surface area contributed by atoms with Crippen molar-refractivity contribution in [1.82, 2.24) is 4.31 Å². The van der Waals surface area contributed by atoms with E-state index in [0.717, 1.165) is 19.3 Å². The smallest absolute Gasteiger partial charge is 0.255 e. The molecule has 2 aromatic carbocycles. The number of benzene rings is 2. The molecule has 1 aliphatic heterocycles. The molecule has 0 spiro atoms. The maximum absolute atomic E-state index is 13.3. The third-order valence-electron chi connectivity index (χ3n) is 5.10. The number of nitrogens with zero attached hydrogens (tertiary/aromatic N) is 1. The molecule has 0 bridgehead atoms. The second-order valence-electron chi connectivity index (χ2n) is 7.01. The number of hydrogen-bond acceptors (Lipinski definition) is 5. The highest BCUT2D eigenvalue weighted by Crippen LogP contribution is 2.32. The number of carbonyl (C=O) groups excluding carboxylic acids is 1. The molecule has 1 saturated heterocycles. The first-order chi connectivity index (χ1) is 13.9. The Kier molecular flexibility index (Phi) is 6.44. The van der Waals surface area contributed by atoms with Crippen LogP contribution in [-0.4, -0.2) is 45.4 Å². The second-order valence-corrected chi connectivity index (χ2v) is 8.87. The van der Waals surface area contributed by atoms with Crippen molar-refractivity contribution in [2.24, 2.45) is 0 Å². The lowest BCUT2D eigenvalue weighted by atomic mass is 10.1. The van der Waals surface area contributed by atoms with Crippen LogP contribution in [0.15, 0.2) is 47.4 Å². The highest BCUT2D eigenvalue weighted by molar-refractivity contribution is 7.89. The molecule has 1 N–H and O–H groups in total. The fourth-order valence-corrected chi connectivity index (χ4v) is 5.34. The van der Waals surface area contributed by atoms with Gasteiger partial charge in [0, 0.05) is 23.8 Å². The van der Waals surface area contributed by atoms with Gasteiger partial charge in [0.15, 0.2) is 0 Å². The number of rotatable bonds is 6. The molecular weight excluding hydrogens is 392 g/mol. The fraction of sp³-hybridized carbons (Fsp3) is 0.381. The van der Waals surface area contributed by atoms with Crippen molar-refractivity contribution in [3.8, 4) is 11.5 Å². The first kappa shape index (κ1) is 21.1. The molecule has 29 heavy (non-hydrogen) atoms. The summed E-state index contributed by atoms with van der Waals surface area (Å²) in [7, 11) is -0.793. The van der Waals surface area contributed by atoms with Crippen LogP contribution in [0.25, 0.3) is 0 Å². The third-order valence-corrected chi connectivity index (χ3v) is 7.14. The molecule has 3 rings (SSSR count). The van der Waals surface area contributed by atoms with E-state index in [0.29, 0.717) is 18.0 Å². The summed E-state index contributed by atoms with van der Waals surface area (Å²) < 4.78 is 38.5. The van der Waals surface area contributed by atoms with E-state index in [-0.39, 0.29) is 22.3 Å². The summed E-state index contributed by atoms with van der Waals surface area (Å²) in [6.07, 6.45) is 2.65. The SMILES string of the molecule is COc1ccc(NC(=O)c2ccc(OC)c(S(=O)(=O)N3CCCC[C@H]3C)c2)cc1. The number of nitrogens with one attached hydrogen (secondary N) is 1. The Morgan fingerprint density at radius 2 is 1.79 bits per heavy atom. The van der Waals surface area contributed by atoms with Crippen LogP contribution in [0.1, 0.15) is 36.5 Å². The Hall–Kier alpha value is -2.58. The Bertz CT molecular complexity index is 973. The predicted octanol–water partition coefficient (Wildman–Crippen LogP) is 3.52. The molecule has 0 aromatic heterocycles. The van der Waals surface area contributed by atoms with Crippen molar-refractivity contribution in [2.45, 2.75) is 37.1 Å². The van der Waals surface area contributed by atoms with Crippen LogP contribution in [0.5, 0.6) is 11.5 Å². The van der Waals surface area contributed by atoms with Crippen LogP contribution in [0, 0.1) is 0 Å². The van der Waals surface area contributed by atoms with E-state index < -0.39 is 15.9 Å². The fourth-order valence-electron chi connectivity index (χ4n) is 3.45. The van der Waals surface area contributed by atoms with Gasteiger partial charge in [-0.15, -0.1) is 0 Å². The Labute approximate surface area is 171 Å². The van der Waals surface area contributed by atoms with Crippen molar-refractivity contribution in [3.05, 3.63) is 48.0 Å². The van der Waals surface area contributed by atoms with Gasteiger partial charge in [-0.05, 0) is 62.2 Å². The van der Waals surface area contributed by atoms with Gasteiger partial charge in [0.1, 0.15) is 16.4 Å². The summed E-state index contributed by atoms with van der Waals surface area (Å²) in [4.78, 5) is 12.7. The van der Waals surface area contributed by atoms with E-state index >= 15 is 0 Å². The molecule has 7 nitrogen and oxygen atoms in total. The summed E-state index contributed by atoms with van der Waals surface area (Å²) in [6, 6.07) is 11.3. The number of ether oxygens (including phenoxy) is 2. The molecule has 1 heterocycles. The second kappa shape index (κ2) is 8.84. The lowest BCUT2D eigenvalue weighted by molar-refractivity contribution is 0.102. The summed E-state index contributed by atoms with van der Waals surface area (Å²) in [5.41, 5.74) is 0.825. The van der Waals surface area contributed by atoms with Crippen molar-refractivity contribution in [3.63, 3.8) is 0 Å². The van der Waals surface area contributed by atoms with Gasteiger partial charge in [-0.3, -0.25) is 4.79 Å². The standard InChI is InChI=1S/C21H26N2O5S/c1-15-6-4-5-13-23(15)29(25,26)20-14-16(7-12-19(20)28-3)21(24)22-17-8-10-18(27-2)11-9-17/h7-12,14-15H,4-6,13H2,1-3H3,(H,22,24)/t15-/m1/s1. The van der Waals surface area contributed by atoms with Gasteiger partial charge < -0.3 is 14.8 Å². The van der Waals surface area contributed by atoms with E-state index in [9.17, 15) is 13.2 Å². The lowest BCUT2D eigenvalue weighted by Gasteiger charge is -2.32. The van der Waals surface area contributed by atoms with Gasteiger partial charge in [0.2, 0.25) is 10.0 Å². The number of sulfonamides is 1. The van der Waals surface area contributed by atoms with Gasteiger partial charge in [-0.2, -0.15) is 4.31 Å². The quantitative estimate of drug-likeness (QED) is 0.776. The minimum Gasteiger partial charge on any atom is -0.497 e. The van der Waals surface area contributed by atoms with Crippen molar-refractivity contribution < 1.29 is 22.7 Å². The summed E-state index contributed by atoms with van der Waals surface area (Å²) in [5.74, 6) is 0.501. The molecule has 1 amide bonds. The monoisotopic (exact) mass is 418 g/mol. The zero-order chi connectivity index (χ0) is 21.0. The van der Waals surface area contributed by atoms with Gasteiger partial charge >= 0.3 is 0 Å². The summed E-state index contributed by atoms with van der Waals surface area (Å²) in [5, 5.41) is 2.77. The molecule has 1 atom stereocenters. The summed E-state index contributed by atoms with van der Waals surface area (Å²) in [6.45, 7) is 2.37. The highest BCUT2D eigenvalue weighted by Gasteiger charge is 2.33. The molecule has 156 valence electrons. The highest BCUT2D eigenvalue weighted by atomic mass is 32.2. The third kappa shape index (κ3) is 4.54. The van der Waals surface area contributed by atoms with Crippen LogP contribution in [0.4, 0.5) is 5.69 Å². The molecule has 8 heteroatoms. The molecule has 0 aliphatic carbocycles. The van der Waals surface area contributed by atoms with Crippen LogP contribution in [0.2, 0.25) is 0 Å². The van der Waals surface area contributed by atoms with E-state index in [1.807, 2.05) is 6.92 Å². The number of methoxy groups -OCH3 is 2. The molecule has 0 radical (unpaired) electrons. The minimum absolute atomic E-state index is 0.0103. The molecular formula is C21H26N2O5S. The van der Waals surface area contributed by atoms with E-state index in [4.69, 9.17) is 9.47 Å². The zero-order valence-electron chi connectivity index (χ0n) is 16.8. The van der Waals surface area contributed by atoms with Crippen LogP contribution < -0.4 is 14.8 Å². The van der Waals surface area contributed by atoms with Crippen molar-refractivity contribution in [1.29, 1.82) is 0 Å². The maximum Gasteiger partial charge on any atom is 0.255 e. The molecule has 2 aromatic rings.